The normalized spacial score (nSPS) is 19.2. The molecule has 3 aromatic carbocycles. The lowest BCUT2D eigenvalue weighted by Crippen LogP contribution is -2.22. The summed E-state index contributed by atoms with van der Waals surface area (Å²) in [7, 11) is 2.16. The highest BCUT2D eigenvalue weighted by atomic mass is 32.1. The number of nitrogens with zero attached hydrogens (tertiary/aromatic N) is 1. The number of allylic oxidation sites excluding steroid dienone is 1. The quantitative estimate of drug-likeness (QED) is 0.342. The monoisotopic (exact) mass is 474 g/mol. The second-order valence-electron chi connectivity index (χ2n) is 9.44. The molecule has 0 saturated heterocycles. The lowest BCUT2D eigenvalue weighted by Gasteiger charge is -2.26. The van der Waals surface area contributed by atoms with Crippen LogP contribution in [0.25, 0.3) is 22.2 Å². The van der Waals surface area contributed by atoms with Crippen molar-refractivity contribution in [3.05, 3.63) is 118 Å². The van der Waals surface area contributed by atoms with Gasteiger partial charge in [-0.3, -0.25) is 0 Å². The summed E-state index contributed by atoms with van der Waals surface area (Å²) in [4.78, 5) is 2.29. The van der Waals surface area contributed by atoms with Gasteiger partial charge in [0.05, 0.1) is 0 Å². The Morgan fingerprint density at radius 2 is 1.57 bits per heavy atom. The number of fused-ring (bicyclic) bond motifs is 3. The predicted molar refractivity (Wildman–Crippen MR) is 153 cm³/mol. The van der Waals surface area contributed by atoms with Gasteiger partial charge in [-0.25, -0.2) is 0 Å². The molecule has 1 aromatic heterocycles. The van der Waals surface area contributed by atoms with Crippen molar-refractivity contribution in [1.82, 2.24) is 0 Å². The Hall–Kier alpha value is -3.56. The number of benzene rings is 3. The third-order valence-electron chi connectivity index (χ3n) is 7.20. The smallest absolute Gasteiger partial charge is 0.0483 e. The van der Waals surface area contributed by atoms with E-state index in [2.05, 4.69) is 120 Å². The van der Waals surface area contributed by atoms with E-state index >= 15 is 0 Å². The Kier molecular flexibility index (Phi) is 6.01. The maximum atomic E-state index is 3.59. The number of likely N-dealkylation sites (N-methyl/N-ethyl adjacent to an activating group) is 1. The Morgan fingerprint density at radius 1 is 0.800 bits per heavy atom. The highest BCUT2D eigenvalue weighted by Crippen LogP contribution is 2.30. The van der Waals surface area contributed by atoms with Crippen LogP contribution in [0.3, 0.4) is 0 Å². The van der Waals surface area contributed by atoms with Gasteiger partial charge >= 0.3 is 0 Å². The van der Waals surface area contributed by atoms with E-state index in [4.69, 9.17) is 0 Å². The molecule has 2 unspecified atom stereocenters. The van der Waals surface area contributed by atoms with Crippen molar-refractivity contribution in [3.8, 4) is 0 Å². The SMILES string of the molecule is CN(C1=CCC(Nc2ccccc2)C=C1)c1ccc(C2CC=c3sc4ccccc4c3=CC2)cc1. The number of thiophene rings is 1. The van der Waals surface area contributed by atoms with Crippen molar-refractivity contribution in [2.75, 3.05) is 17.3 Å². The summed E-state index contributed by atoms with van der Waals surface area (Å²) in [5.41, 5.74) is 5.07. The molecule has 0 spiro atoms. The third-order valence-corrected chi connectivity index (χ3v) is 8.38. The Balaban J connectivity index is 1.13. The minimum absolute atomic E-state index is 0.333. The molecule has 0 saturated carbocycles. The molecular weight excluding hydrogens is 444 g/mol. The first-order valence-corrected chi connectivity index (χ1v) is 13.3. The van der Waals surface area contributed by atoms with Crippen LogP contribution in [-0.4, -0.2) is 13.1 Å². The van der Waals surface area contributed by atoms with Crippen LogP contribution in [0.2, 0.25) is 0 Å². The summed E-state index contributed by atoms with van der Waals surface area (Å²) in [5.74, 6) is 0.534. The third kappa shape index (κ3) is 4.56. The number of hydrogen-bond acceptors (Lipinski definition) is 3. The minimum atomic E-state index is 0.333. The maximum absolute atomic E-state index is 3.59. The topological polar surface area (TPSA) is 15.3 Å². The molecule has 6 rings (SSSR count). The molecule has 35 heavy (non-hydrogen) atoms. The molecule has 0 aliphatic heterocycles. The summed E-state index contributed by atoms with van der Waals surface area (Å²) >= 11 is 1.92. The Morgan fingerprint density at radius 3 is 2.37 bits per heavy atom. The predicted octanol–water partition coefficient (Wildman–Crippen LogP) is 6.80. The molecule has 2 aliphatic carbocycles. The van der Waals surface area contributed by atoms with Gasteiger partial charge in [-0.15, -0.1) is 11.3 Å². The minimum Gasteiger partial charge on any atom is -0.379 e. The molecular formula is C32H30N2S. The molecule has 2 atom stereocenters. The summed E-state index contributed by atoms with van der Waals surface area (Å²) < 4.78 is 2.82. The van der Waals surface area contributed by atoms with Crippen molar-refractivity contribution in [1.29, 1.82) is 0 Å². The summed E-state index contributed by atoms with van der Waals surface area (Å²) in [6.45, 7) is 0. The van der Waals surface area contributed by atoms with Crippen LogP contribution in [0.15, 0.2) is 103 Å². The number of anilines is 2. The highest BCUT2D eigenvalue weighted by molar-refractivity contribution is 7.17. The number of para-hydroxylation sites is 1. The van der Waals surface area contributed by atoms with E-state index in [1.807, 2.05) is 17.4 Å². The molecule has 1 heterocycles. The molecule has 0 bridgehead atoms. The first-order chi connectivity index (χ1) is 17.2. The van der Waals surface area contributed by atoms with Crippen molar-refractivity contribution >= 4 is 44.9 Å². The van der Waals surface area contributed by atoms with E-state index in [1.54, 1.807) is 0 Å². The summed E-state index contributed by atoms with van der Waals surface area (Å²) in [6, 6.07) is 28.7. The van der Waals surface area contributed by atoms with E-state index in [0.29, 0.717) is 12.0 Å². The average Bonchev–Trinajstić information content (AvgIpc) is 3.13. The van der Waals surface area contributed by atoms with Gasteiger partial charge in [0.15, 0.2) is 0 Å². The van der Waals surface area contributed by atoms with Gasteiger partial charge < -0.3 is 10.2 Å². The second-order valence-corrected chi connectivity index (χ2v) is 10.5. The first-order valence-electron chi connectivity index (χ1n) is 12.5. The lowest BCUT2D eigenvalue weighted by molar-refractivity contribution is 0.751. The fourth-order valence-electron chi connectivity index (χ4n) is 5.16. The van der Waals surface area contributed by atoms with Gasteiger partial charge in [-0.05, 0) is 77.8 Å². The van der Waals surface area contributed by atoms with Crippen LogP contribution in [-0.2, 0) is 0 Å². The number of rotatable bonds is 5. The van der Waals surface area contributed by atoms with Gasteiger partial charge in [-0.1, -0.05) is 72.8 Å². The largest absolute Gasteiger partial charge is 0.379 e. The molecule has 0 radical (unpaired) electrons. The van der Waals surface area contributed by atoms with Crippen molar-refractivity contribution in [2.24, 2.45) is 0 Å². The summed E-state index contributed by atoms with van der Waals surface area (Å²) in [5, 5.41) is 6.42. The van der Waals surface area contributed by atoms with Crippen molar-refractivity contribution < 1.29 is 0 Å². The zero-order valence-corrected chi connectivity index (χ0v) is 20.8. The van der Waals surface area contributed by atoms with Crippen molar-refractivity contribution in [3.63, 3.8) is 0 Å². The van der Waals surface area contributed by atoms with Crippen LogP contribution in [0, 0.1) is 0 Å². The maximum Gasteiger partial charge on any atom is 0.0483 e. The van der Waals surface area contributed by atoms with E-state index in [-0.39, 0.29) is 0 Å². The van der Waals surface area contributed by atoms with E-state index < -0.39 is 0 Å². The van der Waals surface area contributed by atoms with Gasteiger partial charge in [0, 0.05) is 39.4 Å². The van der Waals surface area contributed by atoms with Gasteiger partial charge in [0.1, 0.15) is 0 Å². The van der Waals surface area contributed by atoms with Crippen LogP contribution in [0.5, 0.6) is 0 Å². The molecule has 1 N–H and O–H groups in total. The molecule has 174 valence electrons. The van der Waals surface area contributed by atoms with E-state index in [1.165, 1.54) is 42.5 Å². The standard InChI is InChI=1S/C32H30N2S/c1-34(28-19-15-26(16-20-28)33-25-7-3-2-4-8-25)27-17-11-23(12-18-27)24-13-21-30-29-9-5-6-10-31(29)35-32(30)22-14-24/h2-12,15,17-22,24,26,33H,13-14,16H2,1H3. The van der Waals surface area contributed by atoms with Gasteiger partial charge in [0.2, 0.25) is 0 Å². The van der Waals surface area contributed by atoms with E-state index in [9.17, 15) is 0 Å². The molecule has 2 nitrogen and oxygen atoms in total. The van der Waals surface area contributed by atoms with Crippen LogP contribution in [0.4, 0.5) is 11.4 Å². The zero-order chi connectivity index (χ0) is 23.6. The van der Waals surface area contributed by atoms with Gasteiger partial charge in [-0.2, -0.15) is 0 Å². The molecule has 0 fully saturated rings. The average molecular weight is 475 g/mol. The van der Waals surface area contributed by atoms with Crippen LogP contribution < -0.4 is 20.0 Å². The lowest BCUT2D eigenvalue weighted by atomic mass is 9.92. The highest BCUT2D eigenvalue weighted by Gasteiger charge is 2.15. The van der Waals surface area contributed by atoms with Crippen molar-refractivity contribution in [2.45, 2.75) is 31.2 Å². The van der Waals surface area contributed by atoms with Crippen LogP contribution in [0.1, 0.15) is 30.7 Å². The van der Waals surface area contributed by atoms with Crippen LogP contribution >= 0.6 is 11.3 Å². The molecule has 4 aromatic rings. The number of hydrogen-bond donors (Lipinski definition) is 1. The fourth-order valence-corrected chi connectivity index (χ4v) is 6.31. The summed E-state index contributed by atoms with van der Waals surface area (Å²) in [6.07, 6.45) is 14.9. The zero-order valence-electron chi connectivity index (χ0n) is 20.0. The van der Waals surface area contributed by atoms with E-state index in [0.717, 1.165) is 19.3 Å². The second kappa shape index (κ2) is 9.59. The first kappa shape index (κ1) is 21.9. The fraction of sp³-hybridized carbons (Fsp3) is 0.188. The molecule has 3 heteroatoms. The van der Waals surface area contributed by atoms with Gasteiger partial charge in [0.25, 0.3) is 0 Å². The number of nitrogens with one attached hydrogen (secondary N) is 1. The Labute approximate surface area is 211 Å². The Bertz CT molecular complexity index is 1510. The molecule has 0 amide bonds. The molecule has 2 aliphatic rings.